The smallest absolute Gasteiger partial charge is 0.169 e. The Morgan fingerprint density at radius 1 is 1.30 bits per heavy atom. The zero-order chi connectivity index (χ0) is 16.4. The molecule has 0 saturated carbocycles. The third-order valence-electron chi connectivity index (χ3n) is 4.85. The van der Waals surface area contributed by atoms with Gasteiger partial charge in [0, 0.05) is 42.6 Å². The molecule has 4 nitrogen and oxygen atoms in total. The minimum Gasteiger partial charge on any atom is -0.379 e. The highest BCUT2D eigenvalue weighted by Crippen LogP contribution is 2.39. The minimum absolute atomic E-state index is 0.000137. The number of ether oxygens (including phenoxy) is 1. The molecular weight excluding hydrogens is 290 g/mol. The van der Waals surface area contributed by atoms with Crippen molar-refractivity contribution >= 4 is 11.6 Å². The molecule has 1 aromatic rings. The molecule has 1 aliphatic carbocycles. The summed E-state index contributed by atoms with van der Waals surface area (Å²) in [5.41, 5.74) is 1.78. The topological polar surface area (TPSA) is 46.6 Å². The van der Waals surface area contributed by atoms with Crippen LogP contribution in [-0.2, 0) is 16.0 Å². The number of fused-ring (bicyclic) bond motifs is 1. The quantitative estimate of drug-likeness (QED) is 0.783. The standard InChI is InChI=1S/C19H23NO3/c1-14(13-20-7-9-23-10-8-20)17(21)12-19(2)11-15-5-3-4-6-16(15)18(19)22/h3-6H,1,7-13H2,2H3. The Labute approximate surface area is 137 Å². The van der Waals surface area contributed by atoms with E-state index in [0.29, 0.717) is 31.8 Å². The Morgan fingerprint density at radius 3 is 2.70 bits per heavy atom. The van der Waals surface area contributed by atoms with Crippen LogP contribution in [0.4, 0.5) is 0 Å². The van der Waals surface area contributed by atoms with Gasteiger partial charge in [-0.2, -0.15) is 0 Å². The fourth-order valence-corrected chi connectivity index (χ4v) is 3.46. The van der Waals surface area contributed by atoms with E-state index in [9.17, 15) is 9.59 Å². The number of nitrogens with zero attached hydrogens (tertiary/aromatic N) is 1. The van der Waals surface area contributed by atoms with Crippen molar-refractivity contribution in [2.24, 2.45) is 5.41 Å². The van der Waals surface area contributed by atoms with Crippen LogP contribution in [0.3, 0.4) is 0 Å². The van der Waals surface area contributed by atoms with Crippen molar-refractivity contribution < 1.29 is 14.3 Å². The van der Waals surface area contributed by atoms with Gasteiger partial charge in [-0.15, -0.1) is 0 Å². The van der Waals surface area contributed by atoms with Crippen molar-refractivity contribution in [1.82, 2.24) is 4.90 Å². The second-order valence-corrected chi connectivity index (χ2v) is 6.82. The van der Waals surface area contributed by atoms with E-state index in [1.54, 1.807) is 0 Å². The molecule has 1 unspecified atom stereocenters. The SMILES string of the molecule is C=C(CN1CCOCC1)C(=O)CC1(C)Cc2ccccc2C1=O. The number of carbonyl (C=O) groups excluding carboxylic acids is 2. The predicted molar refractivity (Wildman–Crippen MR) is 88.6 cm³/mol. The summed E-state index contributed by atoms with van der Waals surface area (Å²) in [5.74, 6) is 0.0840. The third-order valence-corrected chi connectivity index (χ3v) is 4.85. The first kappa shape index (κ1) is 16.1. The molecule has 1 aromatic carbocycles. The van der Waals surface area contributed by atoms with Crippen molar-refractivity contribution in [1.29, 1.82) is 0 Å². The molecule has 1 atom stereocenters. The normalized spacial score (nSPS) is 24.5. The maximum absolute atomic E-state index is 12.7. The summed E-state index contributed by atoms with van der Waals surface area (Å²) in [4.78, 5) is 27.4. The fourth-order valence-electron chi connectivity index (χ4n) is 3.46. The molecule has 3 rings (SSSR count). The van der Waals surface area contributed by atoms with Crippen LogP contribution in [0.25, 0.3) is 0 Å². The van der Waals surface area contributed by atoms with Crippen LogP contribution in [-0.4, -0.2) is 49.3 Å². The van der Waals surface area contributed by atoms with Gasteiger partial charge in [0.05, 0.1) is 13.2 Å². The highest BCUT2D eigenvalue weighted by atomic mass is 16.5. The monoisotopic (exact) mass is 313 g/mol. The van der Waals surface area contributed by atoms with Crippen LogP contribution in [0, 0.1) is 5.41 Å². The molecule has 0 N–H and O–H groups in total. The number of ketones is 2. The molecule has 0 radical (unpaired) electrons. The zero-order valence-corrected chi connectivity index (χ0v) is 13.6. The average Bonchev–Trinajstić information content (AvgIpc) is 2.79. The van der Waals surface area contributed by atoms with Crippen LogP contribution in [0.1, 0.15) is 29.3 Å². The van der Waals surface area contributed by atoms with Gasteiger partial charge in [0.25, 0.3) is 0 Å². The molecule has 1 heterocycles. The lowest BCUT2D eigenvalue weighted by molar-refractivity contribution is -0.117. The largest absolute Gasteiger partial charge is 0.379 e. The van der Waals surface area contributed by atoms with Gasteiger partial charge < -0.3 is 4.74 Å². The molecule has 2 aliphatic rings. The van der Waals surface area contributed by atoms with Gasteiger partial charge in [0.2, 0.25) is 0 Å². The Balaban J connectivity index is 1.63. The number of hydrogen-bond donors (Lipinski definition) is 0. The summed E-state index contributed by atoms with van der Waals surface area (Å²) in [5, 5.41) is 0. The highest BCUT2D eigenvalue weighted by molar-refractivity contribution is 6.08. The summed E-state index contributed by atoms with van der Waals surface area (Å²) in [7, 11) is 0. The number of rotatable bonds is 5. The maximum Gasteiger partial charge on any atom is 0.169 e. The molecule has 4 heteroatoms. The van der Waals surface area contributed by atoms with E-state index < -0.39 is 5.41 Å². The first-order chi connectivity index (χ1) is 11.0. The molecule has 1 aliphatic heterocycles. The molecule has 0 aromatic heterocycles. The summed E-state index contributed by atoms with van der Waals surface area (Å²) in [6.07, 6.45) is 0.877. The number of carbonyl (C=O) groups is 2. The van der Waals surface area contributed by atoms with Gasteiger partial charge in [-0.25, -0.2) is 0 Å². The van der Waals surface area contributed by atoms with Crippen LogP contribution >= 0.6 is 0 Å². The van der Waals surface area contributed by atoms with E-state index in [4.69, 9.17) is 4.74 Å². The number of morpholine rings is 1. The lowest BCUT2D eigenvalue weighted by atomic mass is 9.80. The molecule has 0 bridgehead atoms. The molecular formula is C19H23NO3. The van der Waals surface area contributed by atoms with E-state index in [0.717, 1.165) is 24.2 Å². The summed E-state index contributed by atoms with van der Waals surface area (Å²) in [6.45, 7) is 9.48. The van der Waals surface area contributed by atoms with Gasteiger partial charge in [0.1, 0.15) is 0 Å². The summed E-state index contributed by atoms with van der Waals surface area (Å²) in [6, 6.07) is 7.65. The van der Waals surface area contributed by atoms with E-state index in [-0.39, 0.29) is 18.0 Å². The first-order valence-electron chi connectivity index (χ1n) is 8.13. The van der Waals surface area contributed by atoms with Crippen molar-refractivity contribution in [3.8, 4) is 0 Å². The van der Waals surface area contributed by atoms with Crippen molar-refractivity contribution in [3.63, 3.8) is 0 Å². The average molecular weight is 313 g/mol. The first-order valence-corrected chi connectivity index (χ1v) is 8.13. The maximum atomic E-state index is 12.7. The van der Waals surface area contributed by atoms with Gasteiger partial charge in [-0.3, -0.25) is 14.5 Å². The summed E-state index contributed by atoms with van der Waals surface area (Å²) < 4.78 is 5.31. The number of hydrogen-bond acceptors (Lipinski definition) is 4. The van der Waals surface area contributed by atoms with Gasteiger partial charge in [-0.1, -0.05) is 37.8 Å². The van der Waals surface area contributed by atoms with Crippen LogP contribution in [0.2, 0.25) is 0 Å². The Morgan fingerprint density at radius 2 is 2.00 bits per heavy atom. The van der Waals surface area contributed by atoms with Crippen molar-refractivity contribution in [2.75, 3.05) is 32.8 Å². The van der Waals surface area contributed by atoms with E-state index in [1.165, 1.54) is 0 Å². The second kappa shape index (κ2) is 6.38. The second-order valence-electron chi connectivity index (χ2n) is 6.82. The highest BCUT2D eigenvalue weighted by Gasteiger charge is 2.42. The molecule has 1 saturated heterocycles. The minimum atomic E-state index is -0.630. The van der Waals surface area contributed by atoms with Crippen LogP contribution in [0.15, 0.2) is 36.4 Å². The Hall–Kier alpha value is -1.78. The zero-order valence-electron chi connectivity index (χ0n) is 13.6. The summed E-state index contributed by atoms with van der Waals surface area (Å²) >= 11 is 0. The van der Waals surface area contributed by atoms with Crippen molar-refractivity contribution in [3.05, 3.63) is 47.5 Å². The Kier molecular flexibility index (Phi) is 4.46. The molecule has 0 spiro atoms. The third kappa shape index (κ3) is 3.28. The van der Waals surface area contributed by atoms with E-state index in [1.807, 2.05) is 31.2 Å². The van der Waals surface area contributed by atoms with Gasteiger partial charge in [0.15, 0.2) is 11.6 Å². The van der Waals surface area contributed by atoms with Crippen LogP contribution in [0.5, 0.6) is 0 Å². The number of Topliss-reactive ketones (excluding diaryl/α,β-unsaturated/α-hetero) is 2. The predicted octanol–water partition coefficient (Wildman–Crippen LogP) is 2.28. The molecule has 1 fully saturated rings. The lowest BCUT2D eigenvalue weighted by Gasteiger charge is -2.28. The molecule has 23 heavy (non-hydrogen) atoms. The lowest BCUT2D eigenvalue weighted by Crippen LogP contribution is -2.39. The van der Waals surface area contributed by atoms with E-state index >= 15 is 0 Å². The fraction of sp³-hybridized carbons (Fsp3) is 0.474. The van der Waals surface area contributed by atoms with Gasteiger partial charge >= 0.3 is 0 Å². The van der Waals surface area contributed by atoms with Gasteiger partial charge in [-0.05, 0) is 12.0 Å². The molecule has 0 amide bonds. The van der Waals surface area contributed by atoms with Crippen LogP contribution < -0.4 is 0 Å². The van der Waals surface area contributed by atoms with E-state index in [2.05, 4.69) is 11.5 Å². The number of benzene rings is 1. The Bertz CT molecular complexity index is 646. The van der Waals surface area contributed by atoms with Crippen molar-refractivity contribution in [2.45, 2.75) is 19.8 Å². The molecule has 122 valence electrons.